The van der Waals surface area contributed by atoms with Crippen molar-refractivity contribution in [1.82, 2.24) is 9.80 Å². The van der Waals surface area contributed by atoms with E-state index in [9.17, 15) is 19.2 Å². The molecule has 2 heterocycles. The van der Waals surface area contributed by atoms with E-state index in [0.29, 0.717) is 5.76 Å². The molecule has 1 aliphatic heterocycles. The van der Waals surface area contributed by atoms with Crippen molar-refractivity contribution in [3.63, 3.8) is 0 Å². The number of carbonyl (C=O) groups excluding carboxylic acids is 4. The highest BCUT2D eigenvalue weighted by Gasteiger charge is 2.44. The minimum atomic E-state index is -0.905. The number of hydrogen-bond acceptors (Lipinski definition) is 5. The fraction of sp³-hybridized carbons (Fsp3) is 0.333. The van der Waals surface area contributed by atoms with Gasteiger partial charge in [-0.2, -0.15) is 0 Å². The fourth-order valence-electron chi connectivity index (χ4n) is 1.71. The molecule has 7 nitrogen and oxygen atoms in total. The van der Waals surface area contributed by atoms with Crippen molar-refractivity contribution in [3.8, 4) is 0 Å². The van der Waals surface area contributed by atoms with Crippen LogP contribution in [0.1, 0.15) is 19.1 Å². The topological polar surface area (TPSA) is 87.9 Å². The largest absolute Gasteiger partial charge is 0.467 e. The summed E-state index contributed by atoms with van der Waals surface area (Å²) >= 11 is 0. The third kappa shape index (κ3) is 2.54. The van der Waals surface area contributed by atoms with Gasteiger partial charge in [0.15, 0.2) is 0 Å². The van der Waals surface area contributed by atoms with Gasteiger partial charge in [-0.25, -0.2) is 9.69 Å². The van der Waals surface area contributed by atoms with Crippen molar-refractivity contribution in [2.24, 2.45) is 0 Å². The molecule has 0 aliphatic carbocycles. The maximum atomic E-state index is 11.9. The number of ketones is 1. The molecule has 0 aromatic carbocycles. The van der Waals surface area contributed by atoms with Gasteiger partial charge in [0.25, 0.3) is 0 Å². The molecule has 1 saturated heterocycles. The lowest BCUT2D eigenvalue weighted by Crippen LogP contribution is -2.34. The Labute approximate surface area is 108 Å². The smallest absolute Gasteiger partial charge is 0.334 e. The average Bonchev–Trinajstić information content (AvgIpc) is 2.92. The van der Waals surface area contributed by atoms with Gasteiger partial charge >= 0.3 is 17.8 Å². The summed E-state index contributed by atoms with van der Waals surface area (Å²) in [6, 6.07) is 2.51. The molecule has 0 atom stereocenters. The van der Waals surface area contributed by atoms with Crippen LogP contribution in [0.5, 0.6) is 0 Å². The summed E-state index contributed by atoms with van der Waals surface area (Å²) in [6.45, 7) is 1.19. The minimum Gasteiger partial charge on any atom is -0.467 e. The molecule has 100 valence electrons. The molecule has 0 bridgehead atoms. The van der Waals surface area contributed by atoms with E-state index in [-0.39, 0.29) is 25.3 Å². The number of furan rings is 1. The van der Waals surface area contributed by atoms with Crippen LogP contribution in [0.2, 0.25) is 0 Å². The molecule has 1 fully saturated rings. The number of Topliss-reactive ketones (excluding diaryl/α,β-unsaturated/α-hetero) is 1. The van der Waals surface area contributed by atoms with E-state index in [2.05, 4.69) is 0 Å². The molecule has 19 heavy (non-hydrogen) atoms. The molecular weight excluding hydrogens is 252 g/mol. The second-order valence-electron chi connectivity index (χ2n) is 4.16. The lowest BCUT2D eigenvalue weighted by Gasteiger charge is -2.13. The van der Waals surface area contributed by atoms with Gasteiger partial charge in [-0.05, 0) is 19.1 Å². The molecule has 0 spiro atoms. The molecule has 4 amide bonds. The van der Waals surface area contributed by atoms with E-state index >= 15 is 0 Å². The first-order valence-corrected chi connectivity index (χ1v) is 5.70. The van der Waals surface area contributed by atoms with Gasteiger partial charge in [-0.1, -0.05) is 0 Å². The Hall–Kier alpha value is -2.44. The Morgan fingerprint density at radius 2 is 1.89 bits per heavy atom. The molecule has 1 aliphatic rings. The third-order valence-electron chi connectivity index (χ3n) is 2.72. The van der Waals surface area contributed by atoms with E-state index in [1.54, 1.807) is 12.1 Å². The highest BCUT2D eigenvalue weighted by molar-refractivity contribution is 6.44. The minimum absolute atomic E-state index is 0.0410. The summed E-state index contributed by atoms with van der Waals surface area (Å²) in [5.74, 6) is -1.55. The molecule has 7 heteroatoms. The van der Waals surface area contributed by atoms with Crippen molar-refractivity contribution in [2.45, 2.75) is 19.9 Å². The normalized spacial score (nSPS) is 15.5. The van der Waals surface area contributed by atoms with Crippen LogP contribution in [0.3, 0.4) is 0 Å². The first-order chi connectivity index (χ1) is 9.00. The third-order valence-corrected chi connectivity index (χ3v) is 2.72. The number of urea groups is 1. The highest BCUT2D eigenvalue weighted by Crippen LogP contribution is 2.16. The van der Waals surface area contributed by atoms with Crippen LogP contribution in [0.25, 0.3) is 0 Å². The Kier molecular flexibility index (Phi) is 3.46. The van der Waals surface area contributed by atoms with Gasteiger partial charge in [0, 0.05) is 13.0 Å². The van der Waals surface area contributed by atoms with Crippen molar-refractivity contribution >= 4 is 23.6 Å². The molecule has 0 radical (unpaired) electrons. The maximum absolute atomic E-state index is 11.9. The van der Waals surface area contributed by atoms with Crippen LogP contribution >= 0.6 is 0 Å². The molecule has 1 aromatic heterocycles. The van der Waals surface area contributed by atoms with Crippen LogP contribution < -0.4 is 0 Å². The number of nitrogens with zero attached hydrogens (tertiary/aromatic N) is 2. The van der Waals surface area contributed by atoms with E-state index in [4.69, 9.17) is 4.42 Å². The van der Waals surface area contributed by atoms with Gasteiger partial charge in [0.05, 0.1) is 12.8 Å². The molecule has 0 N–H and O–H groups in total. The number of carbonyl (C=O) groups is 4. The van der Waals surface area contributed by atoms with E-state index < -0.39 is 17.8 Å². The molecule has 0 unspecified atom stereocenters. The van der Waals surface area contributed by atoms with Crippen molar-refractivity contribution in [2.75, 3.05) is 6.54 Å². The number of hydrogen-bond donors (Lipinski definition) is 0. The van der Waals surface area contributed by atoms with Crippen LogP contribution in [-0.4, -0.2) is 40.0 Å². The summed E-state index contributed by atoms with van der Waals surface area (Å²) in [4.78, 5) is 47.7. The van der Waals surface area contributed by atoms with Crippen LogP contribution in [0.4, 0.5) is 4.79 Å². The molecule has 1 aromatic rings. The lowest BCUT2D eigenvalue weighted by atomic mass is 10.3. The quantitative estimate of drug-likeness (QED) is 0.572. The standard InChI is InChI=1S/C12H12N2O5/c1-8(15)4-5-13-10(16)11(17)14(12(13)18)7-9-3-2-6-19-9/h2-3,6H,4-5,7H2,1H3. The zero-order valence-electron chi connectivity index (χ0n) is 10.3. The molecule has 2 rings (SSSR count). The number of amides is 4. The van der Waals surface area contributed by atoms with E-state index in [0.717, 1.165) is 9.80 Å². The number of imide groups is 2. The van der Waals surface area contributed by atoms with Gasteiger partial charge in [-0.3, -0.25) is 19.3 Å². The SMILES string of the molecule is CC(=O)CCN1C(=O)C(=O)N(Cc2ccco2)C1=O. The summed E-state index contributed by atoms with van der Waals surface area (Å²) in [5, 5.41) is 0. The summed E-state index contributed by atoms with van der Waals surface area (Å²) in [5.41, 5.74) is 0. The first kappa shape index (κ1) is 13.0. The van der Waals surface area contributed by atoms with Crippen LogP contribution in [-0.2, 0) is 20.9 Å². The van der Waals surface area contributed by atoms with Gasteiger partial charge in [0.2, 0.25) is 0 Å². The monoisotopic (exact) mass is 264 g/mol. The lowest BCUT2D eigenvalue weighted by molar-refractivity contribution is -0.143. The Balaban J connectivity index is 2.10. The van der Waals surface area contributed by atoms with Crippen molar-refractivity contribution < 1.29 is 23.6 Å². The maximum Gasteiger partial charge on any atom is 0.334 e. The fourth-order valence-corrected chi connectivity index (χ4v) is 1.71. The Morgan fingerprint density at radius 1 is 1.21 bits per heavy atom. The molecular formula is C12H12N2O5. The van der Waals surface area contributed by atoms with Crippen molar-refractivity contribution in [1.29, 1.82) is 0 Å². The molecule has 0 saturated carbocycles. The van der Waals surface area contributed by atoms with Crippen LogP contribution in [0, 0.1) is 0 Å². The summed E-state index contributed by atoms with van der Waals surface area (Å²) < 4.78 is 5.03. The van der Waals surface area contributed by atoms with Gasteiger partial charge in [-0.15, -0.1) is 0 Å². The second-order valence-corrected chi connectivity index (χ2v) is 4.16. The van der Waals surface area contributed by atoms with Crippen molar-refractivity contribution in [3.05, 3.63) is 24.2 Å². The summed E-state index contributed by atoms with van der Waals surface area (Å²) in [7, 11) is 0. The van der Waals surface area contributed by atoms with Gasteiger partial charge in [0.1, 0.15) is 11.5 Å². The average molecular weight is 264 g/mol. The Morgan fingerprint density at radius 3 is 2.47 bits per heavy atom. The second kappa shape index (κ2) is 5.05. The van der Waals surface area contributed by atoms with Gasteiger partial charge < -0.3 is 4.42 Å². The highest BCUT2D eigenvalue weighted by atomic mass is 16.3. The predicted octanol–water partition coefficient (Wildman–Crippen LogP) is 0.549. The summed E-state index contributed by atoms with van der Waals surface area (Å²) in [6.07, 6.45) is 1.45. The predicted molar refractivity (Wildman–Crippen MR) is 61.7 cm³/mol. The van der Waals surface area contributed by atoms with E-state index in [1.165, 1.54) is 13.2 Å². The van der Waals surface area contributed by atoms with Crippen LogP contribution in [0.15, 0.2) is 22.8 Å². The Bertz CT molecular complexity index is 534. The van der Waals surface area contributed by atoms with E-state index in [1.807, 2.05) is 0 Å². The zero-order chi connectivity index (χ0) is 14.0. The number of rotatable bonds is 5. The zero-order valence-corrected chi connectivity index (χ0v) is 10.3. The first-order valence-electron chi connectivity index (χ1n) is 5.70.